The normalized spacial score (nSPS) is 11.6. The summed E-state index contributed by atoms with van der Waals surface area (Å²) in [5.41, 5.74) is 2.59. The van der Waals surface area contributed by atoms with E-state index in [1.807, 2.05) is 68.0 Å². The Balaban J connectivity index is 0.888. The Bertz CT molecular complexity index is 2000. The minimum atomic E-state index is 1.23. The molecule has 0 saturated carbocycles. The summed E-state index contributed by atoms with van der Waals surface area (Å²) in [6, 6.07) is 37.1. The minimum Gasteiger partial charge on any atom is -0.139 e. The second-order valence-electron chi connectivity index (χ2n) is 15.2. The van der Waals surface area contributed by atoms with Gasteiger partial charge in [-0.2, -0.15) is 0 Å². The number of hydrogen-bond acceptors (Lipinski definition) is 6. The van der Waals surface area contributed by atoms with E-state index < -0.39 is 0 Å². The summed E-state index contributed by atoms with van der Waals surface area (Å²) in [7, 11) is 0. The first-order valence-electron chi connectivity index (χ1n) is 21.4. The molecule has 0 radical (unpaired) electrons. The third kappa shape index (κ3) is 11.8. The molecule has 294 valence electrons. The van der Waals surface area contributed by atoms with Crippen LogP contribution in [0.3, 0.4) is 0 Å². The summed E-state index contributed by atoms with van der Waals surface area (Å²) in [5, 5.41) is 0. The first kappa shape index (κ1) is 41.6. The largest absolute Gasteiger partial charge is 0.139 e. The van der Waals surface area contributed by atoms with Gasteiger partial charge in [0, 0.05) is 58.5 Å². The Hall–Kier alpha value is -2.58. The van der Waals surface area contributed by atoms with Crippen molar-refractivity contribution in [3.63, 3.8) is 0 Å². The van der Waals surface area contributed by atoms with Crippen LogP contribution >= 0.6 is 68.0 Å². The highest BCUT2D eigenvalue weighted by Gasteiger charge is 2.13. The summed E-state index contributed by atoms with van der Waals surface area (Å²) in [4.78, 5) is 16.8. The van der Waals surface area contributed by atoms with E-state index in [0.717, 1.165) is 0 Å². The van der Waals surface area contributed by atoms with Crippen molar-refractivity contribution < 1.29 is 0 Å². The molecule has 6 heterocycles. The van der Waals surface area contributed by atoms with Crippen LogP contribution in [0, 0.1) is 0 Å². The number of thiophene rings is 6. The molecule has 0 amide bonds. The first-order chi connectivity index (χ1) is 27.7. The van der Waals surface area contributed by atoms with Crippen LogP contribution < -0.4 is 0 Å². The highest BCUT2D eigenvalue weighted by molar-refractivity contribution is 7.28. The maximum atomic E-state index is 2.36. The van der Waals surface area contributed by atoms with Crippen molar-refractivity contribution in [3.8, 4) is 59.9 Å². The number of rotatable bonds is 24. The van der Waals surface area contributed by atoms with E-state index in [4.69, 9.17) is 0 Å². The predicted octanol–water partition coefficient (Wildman–Crippen LogP) is 19.4. The maximum absolute atomic E-state index is 2.36. The van der Waals surface area contributed by atoms with Crippen molar-refractivity contribution in [2.24, 2.45) is 0 Å². The van der Waals surface area contributed by atoms with Crippen LogP contribution in [0.1, 0.15) is 126 Å². The van der Waals surface area contributed by atoms with E-state index >= 15 is 0 Å². The molecule has 0 nitrogen and oxygen atoms in total. The molecule has 7 rings (SSSR count). The molecule has 1 aromatic carbocycles. The number of aryl methyl sites for hydroxylation is 2. The predicted molar refractivity (Wildman–Crippen MR) is 259 cm³/mol. The fourth-order valence-electron chi connectivity index (χ4n) is 7.41. The molecule has 0 fully saturated rings. The molecule has 6 aromatic heterocycles. The number of benzene rings is 1. The lowest BCUT2D eigenvalue weighted by molar-refractivity contribution is 0.576. The van der Waals surface area contributed by atoms with Gasteiger partial charge >= 0.3 is 0 Å². The molecule has 0 N–H and O–H groups in total. The lowest BCUT2D eigenvalue weighted by Gasteiger charge is -2.01. The third-order valence-electron chi connectivity index (χ3n) is 10.7. The molecule has 0 aliphatic heterocycles. The molecule has 0 saturated heterocycles. The van der Waals surface area contributed by atoms with Gasteiger partial charge in [0.25, 0.3) is 0 Å². The fraction of sp³-hybridized carbons (Fsp3) is 0.400. The molecular formula is C50H58S6. The Labute approximate surface area is 361 Å². The summed E-state index contributed by atoms with van der Waals surface area (Å²) in [5.74, 6) is 0. The van der Waals surface area contributed by atoms with E-state index in [0.29, 0.717) is 0 Å². The van der Waals surface area contributed by atoms with Gasteiger partial charge in [-0.05, 0) is 110 Å². The molecule has 0 spiro atoms. The maximum Gasteiger partial charge on any atom is 0.0449 e. The minimum absolute atomic E-state index is 1.23. The smallest absolute Gasteiger partial charge is 0.0449 e. The van der Waals surface area contributed by atoms with Crippen molar-refractivity contribution in [2.45, 2.75) is 129 Å². The Morgan fingerprint density at radius 2 is 0.500 bits per heavy atom. The van der Waals surface area contributed by atoms with Gasteiger partial charge in [0.05, 0.1) is 0 Å². The average molecular weight is 851 g/mol. The van der Waals surface area contributed by atoms with E-state index in [-0.39, 0.29) is 0 Å². The quantitative estimate of drug-likeness (QED) is 0.0532. The van der Waals surface area contributed by atoms with Crippen LogP contribution in [-0.4, -0.2) is 0 Å². The van der Waals surface area contributed by atoms with Crippen molar-refractivity contribution in [3.05, 3.63) is 107 Å². The van der Waals surface area contributed by atoms with Gasteiger partial charge in [0.15, 0.2) is 0 Å². The summed E-state index contributed by atoms with van der Waals surface area (Å²) in [6.45, 7) is 4.59. The van der Waals surface area contributed by atoms with Crippen molar-refractivity contribution in [1.29, 1.82) is 0 Å². The van der Waals surface area contributed by atoms with Crippen LogP contribution in [-0.2, 0) is 12.8 Å². The van der Waals surface area contributed by atoms with Gasteiger partial charge in [0.2, 0.25) is 0 Å². The number of unbranched alkanes of at least 4 members (excludes halogenated alkanes) is 14. The standard InChI is InChI=1S/C50H58S6/c1-3-5-7-9-11-13-15-17-19-39-25-27-43(51-39)45-33-35-49(55-45)47-31-29-41(53-47)37-21-23-38(24-22-37)42-30-32-48(54-42)50-36-34-46(56-50)44-28-26-40(52-44)20-18-16-14-12-10-8-6-4-2/h21-36H,3-20H2,1-2H3. The van der Waals surface area contributed by atoms with E-state index in [2.05, 4.69) is 111 Å². The molecule has 0 unspecified atom stereocenters. The van der Waals surface area contributed by atoms with Gasteiger partial charge in [-0.25, -0.2) is 0 Å². The zero-order valence-electron chi connectivity index (χ0n) is 33.4. The molecule has 56 heavy (non-hydrogen) atoms. The zero-order chi connectivity index (χ0) is 38.4. The zero-order valence-corrected chi connectivity index (χ0v) is 38.3. The van der Waals surface area contributed by atoms with E-state index in [1.54, 1.807) is 0 Å². The van der Waals surface area contributed by atoms with Crippen molar-refractivity contribution >= 4 is 68.0 Å². The molecule has 0 bridgehead atoms. The van der Waals surface area contributed by atoms with E-state index in [9.17, 15) is 0 Å². The lowest BCUT2D eigenvalue weighted by Crippen LogP contribution is -1.83. The third-order valence-corrected chi connectivity index (χ3v) is 18.2. The lowest BCUT2D eigenvalue weighted by atomic mass is 10.1. The monoisotopic (exact) mass is 850 g/mol. The molecule has 0 atom stereocenters. The van der Waals surface area contributed by atoms with Crippen molar-refractivity contribution in [2.75, 3.05) is 0 Å². The highest BCUT2D eigenvalue weighted by atomic mass is 32.1. The summed E-state index contributed by atoms with van der Waals surface area (Å²) >= 11 is 11.7. The van der Waals surface area contributed by atoms with Gasteiger partial charge in [0.1, 0.15) is 0 Å². The van der Waals surface area contributed by atoms with E-state index in [1.165, 1.54) is 185 Å². The first-order valence-corrected chi connectivity index (χ1v) is 26.3. The average Bonchev–Trinajstić information content (AvgIpc) is 4.07. The Kier molecular flexibility index (Phi) is 16.3. The van der Waals surface area contributed by atoms with Gasteiger partial charge in [-0.3, -0.25) is 0 Å². The SMILES string of the molecule is CCCCCCCCCCc1ccc(-c2ccc(-c3ccc(-c4ccc(-c5ccc(-c6ccc(-c7ccc(CCCCCCCCCC)s7)s6)s5)cc4)s3)s2)s1. The van der Waals surface area contributed by atoms with Crippen LogP contribution in [0.5, 0.6) is 0 Å². The molecule has 6 heteroatoms. The number of hydrogen-bond donors (Lipinski definition) is 0. The van der Waals surface area contributed by atoms with Crippen LogP contribution in [0.4, 0.5) is 0 Å². The van der Waals surface area contributed by atoms with Gasteiger partial charge in [-0.1, -0.05) is 128 Å². The molecular weight excluding hydrogens is 793 g/mol. The second kappa shape index (κ2) is 22.0. The van der Waals surface area contributed by atoms with Crippen molar-refractivity contribution in [1.82, 2.24) is 0 Å². The Morgan fingerprint density at radius 1 is 0.250 bits per heavy atom. The second-order valence-corrected chi connectivity index (χ2v) is 21.9. The van der Waals surface area contributed by atoms with Gasteiger partial charge in [-0.15, -0.1) is 68.0 Å². The molecule has 0 aliphatic carbocycles. The fourth-order valence-corrected chi connectivity index (χ4v) is 13.9. The van der Waals surface area contributed by atoms with Crippen LogP contribution in [0.15, 0.2) is 97.1 Å². The molecule has 0 aliphatic rings. The van der Waals surface area contributed by atoms with Gasteiger partial charge < -0.3 is 0 Å². The van der Waals surface area contributed by atoms with Crippen LogP contribution in [0.25, 0.3) is 59.9 Å². The highest BCUT2D eigenvalue weighted by Crippen LogP contribution is 2.44. The topological polar surface area (TPSA) is 0 Å². The van der Waals surface area contributed by atoms with Crippen LogP contribution in [0.2, 0.25) is 0 Å². The Morgan fingerprint density at radius 3 is 0.839 bits per heavy atom. The summed E-state index contributed by atoms with van der Waals surface area (Å²) in [6.07, 6.45) is 24.6. The molecule has 7 aromatic rings. The summed E-state index contributed by atoms with van der Waals surface area (Å²) < 4.78 is 0.